The molecule has 1 N–H and O–H groups in total. The SMILES string of the molecule is C#CCNS(=O)(=O)c1ccc(C(=O)N2CCN(c3ccncc3)CC2)cc1. The molecule has 1 aromatic carbocycles. The van der Waals surface area contributed by atoms with Gasteiger partial charge in [-0.05, 0) is 36.4 Å². The molecule has 0 unspecified atom stereocenters. The first-order valence-corrected chi connectivity index (χ1v) is 9.97. The van der Waals surface area contributed by atoms with Gasteiger partial charge in [-0.15, -0.1) is 6.42 Å². The Labute approximate surface area is 159 Å². The zero-order valence-electron chi connectivity index (χ0n) is 14.7. The Kier molecular flexibility index (Phi) is 5.74. The molecule has 0 radical (unpaired) electrons. The van der Waals surface area contributed by atoms with E-state index >= 15 is 0 Å². The van der Waals surface area contributed by atoms with Gasteiger partial charge in [0.1, 0.15) is 0 Å². The number of sulfonamides is 1. The number of pyridine rings is 1. The van der Waals surface area contributed by atoms with Crippen LogP contribution in [0.1, 0.15) is 10.4 Å². The summed E-state index contributed by atoms with van der Waals surface area (Å²) in [4.78, 5) is 20.8. The summed E-state index contributed by atoms with van der Waals surface area (Å²) in [5.41, 5.74) is 1.55. The van der Waals surface area contributed by atoms with Crippen molar-refractivity contribution in [3.8, 4) is 12.3 Å². The third-order valence-corrected chi connectivity index (χ3v) is 5.79. The first kappa shape index (κ1) is 18.9. The molecule has 0 bridgehead atoms. The van der Waals surface area contributed by atoms with Crippen molar-refractivity contribution in [2.45, 2.75) is 4.90 Å². The van der Waals surface area contributed by atoms with Crippen molar-refractivity contribution in [1.29, 1.82) is 0 Å². The second-order valence-corrected chi connectivity index (χ2v) is 7.80. The molecule has 1 aliphatic rings. The second kappa shape index (κ2) is 8.20. The van der Waals surface area contributed by atoms with E-state index in [4.69, 9.17) is 6.42 Å². The molecule has 0 spiro atoms. The Morgan fingerprint density at radius 3 is 2.30 bits per heavy atom. The van der Waals surface area contributed by atoms with Crippen molar-refractivity contribution >= 4 is 21.6 Å². The maximum Gasteiger partial charge on any atom is 0.253 e. The number of terminal acetylenes is 1. The van der Waals surface area contributed by atoms with E-state index in [0.717, 1.165) is 18.8 Å². The number of nitrogens with zero attached hydrogens (tertiary/aromatic N) is 3. The van der Waals surface area contributed by atoms with Crippen LogP contribution in [0.15, 0.2) is 53.7 Å². The molecule has 27 heavy (non-hydrogen) atoms. The number of piperazine rings is 1. The first-order chi connectivity index (χ1) is 13.0. The van der Waals surface area contributed by atoms with Crippen LogP contribution in [0.3, 0.4) is 0 Å². The molecular formula is C19H20N4O3S. The highest BCUT2D eigenvalue weighted by molar-refractivity contribution is 7.89. The summed E-state index contributed by atoms with van der Waals surface area (Å²) in [6.45, 7) is 2.59. The Balaban J connectivity index is 1.63. The number of hydrogen-bond donors (Lipinski definition) is 1. The van der Waals surface area contributed by atoms with Crippen LogP contribution in [0.2, 0.25) is 0 Å². The summed E-state index contributed by atoms with van der Waals surface area (Å²) >= 11 is 0. The van der Waals surface area contributed by atoms with Gasteiger partial charge in [0, 0.05) is 49.8 Å². The molecule has 1 fully saturated rings. The Bertz CT molecular complexity index is 929. The molecule has 2 aromatic rings. The molecule has 140 valence electrons. The van der Waals surface area contributed by atoms with E-state index in [1.54, 1.807) is 17.3 Å². The van der Waals surface area contributed by atoms with Gasteiger partial charge in [0.2, 0.25) is 10.0 Å². The molecule has 1 amide bonds. The lowest BCUT2D eigenvalue weighted by Gasteiger charge is -2.36. The van der Waals surface area contributed by atoms with E-state index in [2.05, 4.69) is 20.5 Å². The number of rotatable bonds is 5. The zero-order valence-corrected chi connectivity index (χ0v) is 15.5. The summed E-state index contributed by atoms with van der Waals surface area (Å²) in [6.07, 6.45) is 8.58. The van der Waals surface area contributed by atoms with E-state index in [0.29, 0.717) is 18.7 Å². The molecule has 2 heterocycles. The highest BCUT2D eigenvalue weighted by Gasteiger charge is 2.23. The van der Waals surface area contributed by atoms with Crippen LogP contribution >= 0.6 is 0 Å². The third-order valence-electron chi connectivity index (χ3n) is 4.37. The predicted molar refractivity (Wildman–Crippen MR) is 103 cm³/mol. The minimum atomic E-state index is -3.66. The van der Waals surface area contributed by atoms with E-state index < -0.39 is 10.0 Å². The topological polar surface area (TPSA) is 82.6 Å². The lowest BCUT2D eigenvalue weighted by molar-refractivity contribution is 0.0746. The van der Waals surface area contributed by atoms with Crippen LogP contribution in [0.4, 0.5) is 5.69 Å². The standard InChI is InChI=1S/C19H20N4O3S/c1-2-9-21-27(25,26)18-5-3-16(4-6-18)19(24)23-14-12-22(13-15-23)17-7-10-20-11-8-17/h1,3-8,10-11,21H,9,12-15H2. The maximum atomic E-state index is 12.7. The number of amides is 1. The Hall–Kier alpha value is -2.89. The largest absolute Gasteiger partial charge is 0.368 e. The molecule has 0 saturated carbocycles. The number of aromatic nitrogens is 1. The van der Waals surface area contributed by atoms with E-state index in [1.807, 2.05) is 12.1 Å². The third kappa shape index (κ3) is 4.45. The van der Waals surface area contributed by atoms with Crippen LogP contribution in [0.25, 0.3) is 0 Å². The van der Waals surface area contributed by atoms with Crippen LogP contribution in [-0.4, -0.2) is 56.9 Å². The molecule has 1 saturated heterocycles. The van der Waals surface area contributed by atoms with Gasteiger partial charge in [0.25, 0.3) is 5.91 Å². The van der Waals surface area contributed by atoms with Crippen LogP contribution in [0.5, 0.6) is 0 Å². The molecular weight excluding hydrogens is 364 g/mol. The smallest absolute Gasteiger partial charge is 0.253 e. The monoisotopic (exact) mass is 384 g/mol. The van der Waals surface area contributed by atoms with Gasteiger partial charge in [-0.25, -0.2) is 8.42 Å². The molecule has 8 heteroatoms. The lowest BCUT2D eigenvalue weighted by Crippen LogP contribution is -2.48. The van der Waals surface area contributed by atoms with Gasteiger partial charge >= 0.3 is 0 Å². The van der Waals surface area contributed by atoms with Crippen molar-refractivity contribution in [3.63, 3.8) is 0 Å². The van der Waals surface area contributed by atoms with Gasteiger partial charge in [0.15, 0.2) is 0 Å². The number of carbonyl (C=O) groups excluding carboxylic acids is 1. The highest BCUT2D eigenvalue weighted by Crippen LogP contribution is 2.17. The summed E-state index contributed by atoms with van der Waals surface area (Å²) in [6, 6.07) is 9.79. The zero-order chi connectivity index (χ0) is 19.3. The maximum absolute atomic E-state index is 12.7. The molecule has 7 nitrogen and oxygen atoms in total. The predicted octanol–water partition coefficient (Wildman–Crippen LogP) is 0.955. The van der Waals surface area contributed by atoms with Crippen LogP contribution < -0.4 is 9.62 Å². The average Bonchev–Trinajstić information content (AvgIpc) is 2.72. The van der Waals surface area contributed by atoms with Crippen molar-refractivity contribution in [3.05, 3.63) is 54.4 Å². The fourth-order valence-corrected chi connectivity index (χ4v) is 3.84. The summed E-state index contributed by atoms with van der Waals surface area (Å²) in [5, 5.41) is 0. The summed E-state index contributed by atoms with van der Waals surface area (Å²) < 4.78 is 26.4. The Morgan fingerprint density at radius 2 is 1.70 bits per heavy atom. The lowest BCUT2D eigenvalue weighted by atomic mass is 10.2. The Morgan fingerprint density at radius 1 is 1.07 bits per heavy atom. The van der Waals surface area contributed by atoms with Crippen molar-refractivity contribution in [2.24, 2.45) is 0 Å². The number of hydrogen-bond acceptors (Lipinski definition) is 5. The quantitative estimate of drug-likeness (QED) is 0.777. The minimum Gasteiger partial charge on any atom is -0.368 e. The van der Waals surface area contributed by atoms with Gasteiger partial charge < -0.3 is 9.80 Å². The van der Waals surface area contributed by atoms with Crippen LogP contribution in [0, 0.1) is 12.3 Å². The average molecular weight is 384 g/mol. The van der Waals surface area contributed by atoms with Crippen LogP contribution in [-0.2, 0) is 10.0 Å². The van der Waals surface area contributed by atoms with Crippen molar-refractivity contribution in [1.82, 2.24) is 14.6 Å². The van der Waals surface area contributed by atoms with Crippen molar-refractivity contribution in [2.75, 3.05) is 37.6 Å². The van der Waals surface area contributed by atoms with E-state index in [-0.39, 0.29) is 17.3 Å². The molecule has 1 aliphatic heterocycles. The van der Waals surface area contributed by atoms with Gasteiger partial charge in [-0.2, -0.15) is 4.72 Å². The molecule has 0 atom stereocenters. The van der Waals surface area contributed by atoms with Crippen molar-refractivity contribution < 1.29 is 13.2 Å². The number of anilines is 1. The van der Waals surface area contributed by atoms with Gasteiger partial charge in [0.05, 0.1) is 11.4 Å². The first-order valence-electron chi connectivity index (χ1n) is 8.49. The number of nitrogens with one attached hydrogen (secondary N) is 1. The summed E-state index contributed by atoms with van der Waals surface area (Å²) in [5.74, 6) is 2.12. The fourth-order valence-electron chi connectivity index (χ4n) is 2.90. The molecule has 0 aliphatic carbocycles. The summed E-state index contributed by atoms with van der Waals surface area (Å²) in [7, 11) is -3.66. The number of benzene rings is 1. The minimum absolute atomic E-state index is 0.0786. The highest BCUT2D eigenvalue weighted by atomic mass is 32.2. The van der Waals surface area contributed by atoms with Gasteiger partial charge in [-0.3, -0.25) is 9.78 Å². The van der Waals surface area contributed by atoms with E-state index in [9.17, 15) is 13.2 Å². The fraction of sp³-hybridized carbons (Fsp3) is 0.263. The number of carbonyl (C=O) groups is 1. The molecule has 1 aromatic heterocycles. The van der Waals surface area contributed by atoms with Gasteiger partial charge in [-0.1, -0.05) is 5.92 Å². The molecule has 3 rings (SSSR count). The normalized spacial score (nSPS) is 14.6. The second-order valence-electron chi connectivity index (χ2n) is 6.04. The van der Waals surface area contributed by atoms with E-state index in [1.165, 1.54) is 24.3 Å².